The summed E-state index contributed by atoms with van der Waals surface area (Å²) in [5.74, 6) is 0.654. The molecule has 0 bridgehead atoms. The molecular weight excluding hydrogens is 296 g/mol. The van der Waals surface area contributed by atoms with E-state index in [4.69, 9.17) is 5.73 Å². The van der Waals surface area contributed by atoms with Gasteiger partial charge in [0, 0.05) is 28.9 Å². The number of fused-ring (bicyclic) bond motifs is 1. The third kappa shape index (κ3) is 1.87. The van der Waals surface area contributed by atoms with Crippen LogP contribution in [-0.2, 0) is 4.79 Å². The number of aromatic nitrogens is 2. The van der Waals surface area contributed by atoms with Crippen molar-refractivity contribution in [1.29, 1.82) is 0 Å². The highest BCUT2D eigenvalue weighted by atomic mass is 79.9. The van der Waals surface area contributed by atoms with Crippen molar-refractivity contribution in [2.75, 3.05) is 11.4 Å². The van der Waals surface area contributed by atoms with Crippen LogP contribution in [0.5, 0.6) is 0 Å². The SMILES string of the molecule is NC1CC(=O)N(c2ncnc3ccc(Br)cc23)C1. The molecule has 0 aliphatic carbocycles. The summed E-state index contributed by atoms with van der Waals surface area (Å²) in [4.78, 5) is 22.0. The van der Waals surface area contributed by atoms with Gasteiger partial charge in [-0.15, -0.1) is 0 Å². The molecule has 2 aromatic rings. The summed E-state index contributed by atoms with van der Waals surface area (Å²) in [6.45, 7) is 0.511. The van der Waals surface area contributed by atoms with Crippen LogP contribution in [0.15, 0.2) is 29.0 Å². The van der Waals surface area contributed by atoms with Gasteiger partial charge in [-0.25, -0.2) is 9.97 Å². The first kappa shape index (κ1) is 11.6. The molecule has 0 radical (unpaired) electrons. The molecule has 1 aliphatic heterocycles. The minimum Gasteiger partial charge on any atom is -0.326 e. The van der Waals surface area contributed by atoms with Crippen molar-refractivity contribution in [2.24, 2.45) is 5.73 Å². The van der Waals surface area contributed by atoms with E-state index in [9.17, 15) is 4.79 Å². The molecule has 1 aliphatic rings. The largest absolute Gasteiger partial charge is 0.326 e. The first-order valence-electron chi connectivity index (χ1n) is 5.61. The topological polar surface area (TPSA) is 72.1 Å². The molecule has 5 nitrogen and oxygen atoms in total. The second-order valence-electron chi connectivity index (χ2n) is 4.33. The van der Waals surface area contributed by atoms with E-state index in [0.29, 0.717) is 18.8 Å². The fourth-order valence-corrected chi connectivity index (χ4v) is 2.53. The number of halogens is 1. The summed E-state index contributed by atoms with van der Waals surface area (Å²) in [5.41, 5.74) is 6.63. The fourth-order valence-electron chi connectivity index (χ4n) is 2.17. The zero-order chi connectivity index (χ0) is 12.7. The average molecular weight is 307 g/mol. The molecule has 2 N–H and O–H groups in total. The number of benzene rings is 1. The van der Waals surface area contributed by atoms with Gasteiger partial charge in [-0.1, -0.05) is 15.9 Å². The standard InChI is InChI=1S/C12H11BrN4O/c13-7-1-2-10-9(3-7)12(16-6-15-10)17-5-8(14)4-11(17)18/h1-3,6,8H,4-5,14H2. The lowest BCUT2D eigenvalue weighted by Gasteiger charge is -2.16. The van der Waals surface area contributed by atoms with Crippen LogP contribution in [0.1, 0.15) is 6.42 Å². The number of carbonyl (C=O) groups is 1. The van der Waals surface area contributed by atoms with Crippen molar-refractivity contribution in [2.45, 2.75) is 12.5 Å². The van der Waals surface area contributed by atoms with Crippen molar-refractivity contribution >= 4 is 38.6 Å². The molecule has 0 spiro atoms. The van der Waals surface area contributed by atoms with Crippen LogP contribution in [0.25, 0.3) is 10.9 Å². The Morgan fingerprint density at radius 2 is 2.22 bits per heavy atom. The van der Waals surface area contributed by atoms with Crippen molar-refractivity contribution in [3.8, 4) is 0 Å². The molecule has 92 valence electrons. The van der Waals surface area contributed by atoms with E-state index in [-0.39, 0.29) is 11.9 Å². The fraction of sp³-hybridized carbons (Fsp3) is 0.250. The maximum Gasteiger partial charge on any atom is 0.229 e. The van der Waals surface area contributed by atoms with Crippen molar-refractivity contribution in [1.82, 2.24) is 9.97 Å². The van der Waals surface area contributed by atoms with E-state index in [1.807, 2.05) is 18.2 Å². The molecule has 1 atom stereocenters. The Balaban J connectivity index is 2.17. The third-order valence-corrected chi connectivity index (χ3v) is 3.48. The summed E-state index contributed by atoms with van der Waals surface area (Å²) in [7, 11) is 0. The maximum absolute atomic E-state index is 11.9. The van der Waals surface area contributed by atoms with Gasteiger partial charge in [-0.05, 0) is 18.2 Å². The van der Waals surface area contributed by atoms with E-state index in [1.54, 1.807) is 4.90 Å². The molecule has 1 amide bonds. The lowest BCUT2D eigenvalue weighted by molar-refractivity contribution is -0.117. The first-order valence-corrected chi connectivity index (χ1v) is 6.40. The van der Waals surface area contributed by atoms with E-state index < -0.39 is 0 Å². The zero-order valence-electron chi connectivity index (χ0n) is 9.51. The summed E-state index contributed by atoms with van der Waals surface area (Å²) >= 11 is 3.42. The van der Waals surface area contributed by atoms with Gasteiger partial charge in [0.25, 0.3) is 0 Å². The Hall–Kier alpha value is -1.53. The van der Waals surface area contributed by atoms with Crippen LogP contribution in [0.2, 0.25) is 0 Å². The smallest absolute Gasteiger partial charge is 0.229 e. The molecule has 1 unspecified atom stereocenters. The summed E-state index contributed by atoms with van der Waals surface area (Å²) in [5, 5.41) is 0.856. The van der Waals surface area contributed by atoms with Crippen LogP contribution in [0, 0.1) is 0 Å². The Labute approximate surface area is 112 Å². The Bertz CT molecular complexity index is 631. The number of hydrogen-bond acceptors (Lipinski definition) is 4. The minimum atomic E-state index is -0.116. The van der Waals surface area contributed by atoms with E-state index in [0.717, 1.165) is 15.4 Å². The maximum atomic E-state index is 11.9. The monoisotopic (exact) mass is 306 g/mol. The Morgan fingerprint density at radius 1 is 1.39 bits per heavy atom. The number of rotatable bonds is 1. The van der Waals surface area contributed by atoms with Crippen LogP contribution in [0.4, 0.5) is 5.82 Å². The first-order chi connectivity index (χ1) is 8.65. The van der Waals surface area contributed by atoms with Gasteiger partial charge < -0.3 is 5.73 Å². The molecule has 1 fully saturated rings. The molecule has 1 saturated heterocycles. The van der Waals surface area contributed by atoms with Gasteiger partial charge in [-0.3, -0.25) is 9.69 Å². The van der Waals surface area contributed by atoms with Gasteiger partial charge >= 0.3 is 0 Å². The van der Waals surface area contributed by atoms with E-state index >= 15 is 0 Å². The third-order valence-electron chi connectivity index (χ3n) is 2.99. The van der Waals surface area contributed by atoms with Crippen LogP contribution in [-0.4, -0.2) is 28.5 Å². The van der Waals surface area contributed by atoms with Gasteiger partial charge in [-0.2, -0.15) is 0 Å². The highest BCUT2D eigenvalue weighted by molar-refractivity contribution is 9.10. The molecule has 3 rings (SSSR count). The van der Waals surface area contributed by atoms with Crippen molar-refractivity contribution in [3.05, 3.63) is 29.0 Å². The summed E-state index contributed by atoms with van der Waals surface area (Å²) in [6, 6.07) is 5.61. The summed E-state index contributed by atoms with van der Waals surface area (Å²) < 4.78 is 0.932. The van der Waals surface area contributed by atoms with Crippen LogP contribution >= 0.6 is 15.9 Å². The number of nitrogens with zero attached hydrogens (tertiary/aromatic N) is 3. The normalized spacial score (nSPS) is 19.8. The highest BCUT2D eigenvalue weighted by Crippen LogP contribution is 2.28. The van der Waals surface area contributed by atoms with Gasteiger partial charge in [0.2, 0.25) is 5.91 Å². The molecule has 1 aromatic heterocycles. The molecule has 18 heavy (non-hydrogen) atoms. The number of hydrogen-bond donors (Lipinski definition) is 1. The number of amides is 1. The van der Waals surface area contributed by atoms with Crippen molar-refractivity contribution < 1.29 is 4.79 Å². The lowest BCUT2D eigenvalue weighted by Crippen LogP contribution is -2.28. The minimum absolute atomic E-state index is 0.0162. The van der Waals surface area contributed by atoms with E-state index in [1.165, 1.54) is 6.33 Å². The molecule has 1 aromatic carbocycles. The van der Waals surface area contributed by atoms with Gasteiger partial charge in [0.1, 0.15) is 12.1 Å². The second-order valence-corrected chi connectivity index (χ2v) is 5.24. The predicted molar refractivity (Wildman–Crippen MR) is 72.2 cm³/mol. The van der Waals surface area contributed by atoms with Crippen LogP contribution < -0.4 is 10.6 Å². The number of anilines is 1. The Kier molecular flexibility index (Phi) is 2.76. The number of carbonyl (C=O) groups excluding carboxylic acids is 1. The van der Waals surface area contributed by atoms with Crippen LogP contribution in [0.3, 0.4) is 0 Å². The van der Waals surface area contributed by atoms with E-state index in [2.05, 4.69) is 25.9 Å². The number of nitrogens with two attached hydrogens (primary N) is 1. The highest BCUT2D eigenvalue weighted by Gasteiger charge is 2.30. The second kappa shape index (κ2) is 4.29. The Morgan fingerprint density at radius 3 is 2.94 bits per heavy atom. The molecule has 0 saturated carbocycles. The van der Waals surface area contributed by atoms with Gasteiger partial charge in [0.15, 0.2) is 0 Å². The summed E-state index contributed by atoms with van der Waals surface area (Å²) in [6.07, 6.45) is 1.85. The predicted octanol–water partition coefficient (Wildman–Crippen LogP) is 1.46. The van der Waals surface area contributed by atoms with Gasteiger partial charge in [0.05, 0.1) is 5.52 Å². The molecule has 6 heteroatoms. The molecule has 2 heterocycles. The zero-order valence-corrected chi connectivity index (χ0v) is 11.1. The lowest BCUT2D eigenvalue weighted by atomic mass is 10.2. The average Bonchev–Trinajstić information content (AvgIpc) is 2.67. The molecular formula is C12H11BrN4O. The van der Waals surface area contributed by atoms with Crippen molar-refractivity contribution in [3.63, 3.8) is 0 Å². The quantitative estimate of drug-likeness (QED) is 0.865.